The van der Waals surface area contributed by atoms with E-state index in [0.717, 1.165) is 0 Å². The molecule has 1 atom stereocenters. The normalized spacial score (nSPS) is 12.1. The number of hydrogen-bond donors (Lipinski definition) is 1. The SMILES string of the molecule is COC[C@@H](C)NC(=O)CSC(c1ccccc1)c1ccccc1. The second-order valence-corrected chi connectivity index (χ2v) is 6.53. The summed E-state index contributed by atoms with van der Waals surface area (Å²) in [5, 5.41) is 3.11. The van der Waals surface area contributed by atoms with E-state index >= 15 is 0 Å². The van der Waals surface area contributed by atoms with E-state index in [2.05, 4.69) is 29.6 Å². The molecular formula is C19H23NO2S. The third-order valence-electron chi connectivity index (χ3n) is 3.41. The number of thioether (sulfide) groups is 1. The third-order valence-corrected chi connectivity index (χ3v) is 4.72. The van der Waals surface area contributed by atoms with Gasteiger partial charge in [0.15, 0.2) is 0 Å². The first-order chi connectivity index (χ1) is 11.2. The summed E-state index contributed by atoms with van der Waals surface area (Å²) >= 11 is 1.64. The minimum absolute atomic E-state index is 0.0278. The van der Waals surface area contributed by atoms with Gasteiger partial charge in [0.05, 0.1) is 17.6 Å². The first-order valence-electron chi connectivity index (χ1n) is 7.70. The fourth-order valence-corrected chi connectivity index (χ4v) is 3.51. The van der Waals surface area contributed by atoms with Gasteiger partial charge in [-0.05, 0) is 18.1 Å². The molecule has 0 radical (unpaired) electrons. The van der Waals surface area contributed by atoms with Gasteiger partial charge in [-0.15, -0.1) is 11.8 Å². The standard InChI is InChI=1S/C19H23NO2S/c1-15(13-22-2)20-18(21)14-23-19(16-9-5-3-6-10-16)17-11-7-4-8-12-17/h3-12,15,19H,13-14H2,1-2H3,(H,20,21)/t15-/m1/s1. The Kier molecular flexibility index (Phi) is 7.17. The molecule has 0 heterocycles. The van der Waals surface area contributed by atoms with Crippen LogP contribution in [-0.2, 0) is 9.53 Å². The van der Waals surface area contributed by atoms with Gasteiger partial charge >= 0.3 is 0 Å². The Labute approximate surface area is 142 Å². The average molecular weight is 329 g/mol. The van der Waals surface area contributed by atoms with Gasteiger partial charge in [0, 0.05) is 13.2 Å². The molecule has 1 N–H and O–H groups in total. The molecule has 0 aliphatic rings. The lowest BCUT2D eigenvalue weighted by Gasteiger charge is -2.18. The molecule has 0 spiro atoms. The molecule has 0 saturated carbocycles. The van der Waals surface area contributed by atoms with Crippen molar-refractivity contribution in [1.82, 2.24) is 5.32 Å². The summed E-state index contributed by atoms with van der Waals surface area (Å²) in [4.78, 5) is 12.1. The molecule has 1 amide bonds. The third kappa shape index (κ3) is 5.73. The fraction of sp³-hybridized carbons (Fsp3) is 0.316. The molecule has 2 aromatic carbocycles. The Bertz CT molecular complexity index is 549. The van der Waals surface area contributed by atoms with Crippen molar-refractivity contribution in [3.63, 3.8) is 0 Å². The van der Waals surface area contributed by atoms with Crippen molar-refractivity contribution in [2.75, 3.05) is 19.5 Å². The highest BCUT2D eigenvalue weighted by Gasteiger charge is 2.16. The summed E-state index contributed by atoms with van der Waals surface area (Å²) in [5.74, 6) is 0.458. The Morgan fingerprint density at radius 1 is 1.04 bits per heavy atom. The second-order valence-electron chi connectivity index (χ2n) is 5.44. The first kappa shape index (κ1) is 17.6. The maximum Gasteiger partial charge on any atom is 0.230 e. The highest BCUT2D eigenvalue weighted by atomic mass is 32.2. The van der Waals surface area contributed by atoms with Crippen LogP contribution in [-0.4, -0.2) is 31.4 Å². The molecule has 0 fully saturated rings. The van der Waals surface area contributed by atoms with Crippen molar-refractivity contribution in [1.29, 1.82) is 0 Å². The van der Waals surface area contributed by atoms with Gasteiger partial charge in [0.25, 0.3) is 0 Å². The largest absolute Gasteiger partial charge is 0.383 e. The number of ether oxygens (including phenoxy) is 1. The van der Waals surface area contributed by atoms with Gasteiger partial charge < -0.3 is 10.1 Å². The summed E-state index contributed by atoms with van der Waals surface area (Å²) in [5.41, 5.74) is 2.42. The highest BCUT2D eigenvalue weighted by Crippen LogP contribution is 2.35. The second kappa shape index (κ2) is 9.38. The Hall–Kier alpha value is -1.78. The van der Waals surface area contributed by atoms with Crippen LogP contribution in [0.5, 0.6) is 0 Å². The molecule has 0 aliphatic heterocycles. The van der Waals surface area contributed by atoms with Crippen molar-refractivity contribution in [2.24, 2.45) is 0 Å². The Morgan fingerprint density at radius 2 is 1.57 bits per heavy atom. The number of benzene rings is 2. The zero-order valence-corrected chi connectivity index (χ0v) is 14.4. The van der Waals surface area contributed by atoms with E-state index in [-0.39, 0.29) is 17.2 Å². The predicted octanol–water partition coefficient (Wildman–Crippen LogP) is 3.66. The molecule has 0 bridgehead atoms. The summed E-state index contributed by atoms with van der Waals surface area (Å²) in [6.07, 6.45) is 0. The first-order valence-corrected chi connectivity index (χ1v) is 8.75. The number of carbonyl (C=O) groups excluding carboxylic acids is 1. The lowest BCUT2D eigenvalue weighted by molar-refractivity contribution is -0.119. The molecule has 23 heavy (non-hydrogen) atoms. The number of methoxy groups -OCH3 is 1. The lowest BCUT2D eigenvalue weighted by Crippen LogP contribution is -2.36. The quantitative estimate of drug-likeness (QED) is 0.803. The van der Waals surface area contributed by atoms with Crippen molar-refractivity contribution in [3.8, 4) is 0 Å². The van der Waals surface area contributed by atoms with Crippen LogP contribution in [0.25, 0.3) is 0 Å². The highest BCUT2D eigenvalue weighted by molar-refractivity contribution is 8.00. The van der Waals surface area contributed by atoms with Gasteiger partial charge in [0.1, 0.15) is 0 Å². The van der Waals surface area contributed by atoms with Crippen molar-refractivity contribution in [2.45, 2.75) is 18.2 Å². The summed E-state index contributed by atoms with van der Waals surface area (Å²) < 4.78 is 5.05. The van der Waals surface area contributed by atoms with E-state index in [1.54, 1.807) is 18.9 Å². The Balaban J connectivity index is 2.03. The lowest BCUT2D eigenvalue weighted by atomic mass is 10.0. The van der Waals surface area contributed by atoms with Crippen molar-refractivity contribution >= 4 is 17.7 Å². The number of rotatable bonds is 8. The van der Waals surface area contributed by atoms with Gasteiger partial charge in [-0.2, -0.15) is 0 Å². The summed E-state index contributed by atoms with van der Waals surface area (Å²) in [6, 6.07) is 20.6. The van der Waals surface area contributed by atoms with Crippen LogP contribution in [0, 0.1) is 0 Å². The van der Waals surface area contributed by atoms with Gasteiger partial charge in [-0.25, -0.2) is 0 Å². The Morgan fingerprint density at radius 3 is 2.04 bits per heavy atom. The maximum absolute atomic E-state index is 12.1. The number of nitrogens with one attached hydrogen (secondary N) is 1. The van der Waals surface area contributed by atoms with Crippen LogP contribution < -0.4 is 5.32 Å². The van der Waals surface area contributed by atoms with E-state index in [1.807, 2.05) is 43.3 Å². The topological polar surface area (TPSA) is 38.3 Å². The van der Waals surface area contributed by atoms with Gasteiger partial charge in [0.2, 0.25) is 5.91 Å². The fourth-order valence-electron chi connectivity index (χ4n) is 2.41. The molecule has 122 valence electrons. The van der Waals surface area contributed by atoms with Crippen LogP contribution in [0.1, 0.15) is 23.3 Å². The van der Waals surface area contributed by atoms with Crippen LogP contribution in [0.3, 0.4) is 0 Å². The molecule has 2 rings (SSSR count). The molecule has 0 unspecified atom stereocenters. The summed E-state index contributed by atoms with van der Waals surface area (Å²) in [6.45, 7) is 2.47. The van der Waals surface area contributed by atoms with E-state index in [9.17, 15) is 4.79 Å². The van der Waals surface area contributed by atoms with Crippen molar-refractivity contribution < 1.29 is 9.53 Å². The smallest absolute Gasteiger partial charge is 0.230 e. The number of amides is 1. The van der Waals surface area contributed by atoms with Crippen LogP contribution in [0.15, 0.2) is 60.7 Å². The van der Waals surface area contributed by atoms with Crippen molar-refractivity contribution in [3.05, 3.63) is 71.8 Å². The van der Waals surface area contributed by atoms with Gasteiger partial charge in [-0.1, -0.05) is 60.7 Å². The molecule has 0 saturated heterocycles. The number of carbonyl (C=O) groups is 1. The number of hydrogen-bond acceptors (Lipinski definition) is 3. The molecule has 4 heteroatoms. The maximum atomic E-state index is 12.1. The molecule has 0 aliphatic carbocycles. The molecule has 2 aromatic rings. The zero-order valence-electron chi connectivity index (χ0n) is 13.6. The van der Waals surface area contributed by atoms with Crippen LogP contribution >= 0.6 is 11.8 Å². The minimum Gasteiger partial charge on any atom is -0.383 e. The van der Waals surface area contributed by atoms with E-state index in [1.165, 1.54) is 11.1 Å². The van der Waals surface area contributed by atoms with Crippen LogP contribution in [0.4, 0.5) is 0 Å². The average Bonchev–Trinajstić information content (AvgIpc) is 2.57. The van der Waals surface area contributed by atoms with Crippen LogP contribution in [0.2, 0.25) is 0 Å². The monoisotopic (exact) mass is 329 g/mol. The van der Waals surface area contributed by atoms with E-state index in [4.69, 9.17) is 4.74 Å². The molecule has 3 nitrogen and oxygen atoms in total. The van der Waals surface area contributed by atoms with E-state index in [0.29, 0.717) is 12.4 Å². The summed E-state index contributed by atoms with van der Waals surface area (Å²) in [7, 11) is 1.64. The van der Waals surface area contributed by atoms with Gasteiger partial charge in [-0.3, -0.25) is 4.79 Å². The predicted molar refractivity (Wildman–Crippen MR) is 96.7 cm³/mol. The zero-order chi connectivity index (χ0) is 16.5. The minimum atomic E-state index is 0.0278. The van der Waals surface area contributed by atoms with E-state index < -0.39 is 0 Å². The molecule has 0 aromatic heterocycles. The molecular weight excluding hydrogens is 306 g/mol.